The predicted octanol–water partition coefficient (Wildman–Crippen LogP) is 4.51. The molecule has 1 aromatic heterocycles. The van der Waals surface area contributed by atoms with Crippen molar-refractivity contribution in [2.24, 2.45) is 5.92 Å². The van der Waals surface area contributed by atoms with Crippen LogP contribution in [0.15, 0.2) is 30.3 Å². The molecule has 2 aromatic rings. The summed E-state index contributed by atoms with van der Waals surface area (Å²) >= 11 is 6.37. The van der Waals surface area contributed by atoms with Crippen LogP contribution in [-0.4, -0.2) is 22.5 Å². The second kappa shape index (κ2) is 5.71. The van der Waals surface area contributed by atoms with Crippen LogP contribution in [0.5, 0.6) is 0 Å². The second-order valence-corrected chi connectivity index (χ2v) is 6.45. The van der Waals surface area contributed by atoms with Crippen molar-refractivity contribution in [3.63, 3.8) is 0 Å². The number of rotatable bonds is 2. The third kappa shape index (κ3) is 2.82. The van der Waals surface area contributed by atoms with E-state index in [0.717, 1.165) is 30.1 Å². The highest BCUT2D eigenvalue weighted by atomic mass is 35.5. The molecule has 2 nitrogen and oxygen atoms in total. The number of pyridine rings is 1. The number of fused-ring (bicyclic) bond motifs is 1. The summed E-state index contributed by atoms with van der Waals surface area (Å²) in [6, 6.07) is 11.0. The number of likely N-dealkylation sites (tertiary alicyclic amines) is 1. The van der Waals surface area contributed by atoms with Gasteiger partial charge in [0.25, 0.3) is 0 Å². The standard InChI is InChI=1S/C17H21ClN2/c1-12-7-8-13(2)20(10-12)11-15-9-14-5-3-4-6-16(14)19-17(15)18/h3-6,9,12-13H,7-8,10-11H2,1-2H3. The average Bonchev–Trinajstić information content (AvgIpc) is 2.43. The molecule has 0 aliphatic carbocycles. The third-order valence-electron chi connectivity index (χ3n) is 4.37. The summed E-state index contributed by atoms with van der Waals surface area (Å²) in [5.74, 6) is 0.776. The molecule has 1 saturated heterocycles. The van der Waals surface area contributed by atoms with E-state index in [1.165, 1.54) is 18.2 Å². The number of benzene rings is 1. The third-order valence-corrected chi connectivity index (χ3v) is 4.70. The zero-order valence-corrected chi connectivity index (χ0v) is 12.9. The Bertz CT molecular complexity index is 611. The smallest absolute Gasteiger partial charge is 0.134 e. The Kier molecular flexibility index (Phi) is 3.95. The van der Waals surface area contributed by atoms with Gasteiger partial charge in [-0.15, -0.1) is 0 Å². The van der Waals surface area contributed by atoms with Gasteiger partial charge >= 0.3 is 0 Å². The van der Waals surface area contributed by atoms with Crippen molar-refractivity contribution in [2.75, 3.05) is 6.54 Å². The minimum Gasteiger partial charge on any atom is -0.296 e. The number of para-hydroxylation sites is 1. The fourth-order valence-corrected chi connectivity index (χ4v) is 3.27. The van der Waals surface area contributed by atoms with Crippen molar-refractivity contribution < 1.29 is 0 Å². The molecule has 1 aromatic carbocycles. The van der Waals surface area contributed by atoms with Crippen LogP contribution in [0, 0.1) is 5.92 Å². The Hall–Kier alpha value is -1.12. The first-order valence-corrected chi connectivity index (χ1v) is 7.79. The molecular weight excluding hydrogens is 268 g/mol. The van der Waals surface area contributed by atoms with Crippen molar-refractivity contribution in [3.05, 3.63) is 41.0 Å². The summed E-state index contributed by atoms with van der Waals surface area (Å²) in [5, 5.41) is 1.82. The summed E-state index contributed by atoms with van der Waals surface area (Å²) in [7, 11) is 0. The number of aromatic nitrogens is 1. The minimum absolute atomic E-state index is 0.633. The van der Waals surface area contributed by atoms with Gasteiger partial charge in [0.15, 0.2) is 0 Å². The molecule has 0 spiro atoms. The SMILES string of the molecule is CC1CCC(C)N(Cc2cc3ccccc3nc2Cl)C1. The van der Waals surface area contributed by atoms with Crippen LogP contribution in [0.1, 0.15) is 32.3 Å². The van der Waals surface area contributed by atoms with Crippen LogP contribution in [-0.2, 0) is 6.54 Å². The quantitative estimate of drug-likeness (QED) is 0.756. The number of hydrogen-bond donors (Lipinski definition) is 0. The highest BCUT2D eigenvalue weighted by Crippen LogP contribution is 2.26. The molecular formula is C17H21ClN2. The number of piperidine rings is 1. The maximum Gasteiger partial charge on any atom is 0.134 e. The Morgan fingerprint density at radius 2 is 2.05 bits per heavy atom. The molecule has 3 heteroatoms. The number of nitrogens with zero attached hydrogens (tertiary/aromatic N) is 2. The highest BCUT2D eigenvalue weighted by molar-refractivity contribution is 6.30. The van der Waals surface area contributed by atoms with Crippen molar-refractivity contribution in [1.82, 2.24) is 9.88 Å². The van der Waals surface area contributed by atoms with Gasteiger partial charge in [-0.1, -0.05) is 36.7 Å². The van der Waals surface area contributed by atoms with E-state index in [9.17, 15) is 0 Å². The molecule has 2 heterocycles. The van der Waals surface area contributed by atoms with E-state index >= 15 is 0 Å². The maximum atomic E-state index is 6.37. The Labute approximate surface area is 125 Å². The largest absolute Gasteiger partial charge is 0.296 e. The Balaban J connectivity index is 1.88. The fourth-order valence-electron chi connectivity index (χ4n) is 3.07. The molecule has 0 N–H and O–H groups in total. The van der Waals surface area contributed by atoms with Gasteiger partial charge in [-0.05, 0) is 37.8 Å². The van der Waals surface area contributed by atoms with Gasteiger partial charge in [-0.3, -0.25) is 4.90 Å². The van der Waals surface area contributed by atoms with E-state index in [-0.39, 0.29) is 0 Å². The van der Waals surface area contributed by atoms with Crippen molar-refractivity contribution in [1.29, 1.82) is 0 Å². The van der Waals surface area contributed by atoms with E-state index in [4.69, 9.17) is 11.6 Å². The molecule has 0 bridgehead atoms. The summed E-state index contributed by atoms with van der Waals surface area (Å²) in [5.41, 5.74) is 2.12. The van der Waals surface area contributed by atoms with E-state index in [1.54, 1.807) is 0 Å². The minimum atomic E-state index is 0.633. The van der Waals surface area contributed by atoms with Gasteiger partial charge in [0, 0.05) is 30.1 Å². The molecule has 2 unspecified atom stereocenters. The normalized spacial score (nSPS) is 24.1. The van der Waals surface area contributed by atoms with E-state index in [1.807, 2.05) is 18.2 Å². The molecule has 0 saturated carbocycles. The van der Waals surface area contributed by atoms with Crippen molar-refractivity contribution >= 4 is 22.5 Å². The van der Waals surface area contributed by atoms with Gasteiger partial charge in [0.2, 0.25) is 0 Å². The Morgan fingerprint density at radius 3 is 2.90 bits per heavy atom. The lowest BCUT2D eigenvalue weighted by Crippen LogP contribution is -2.40. The monoisotopic (exact) mass is 288 g/mol. The molecule has 3 rings (SSSR count). The van der Waals surface area contributed by atoms with Gasteiger partial charge in [-0.25, -0.2) is 4.98 Å². The first-order valence-electron chi connectivity index (χ1n) is 7.41. The summed E-state index contributed by atoms with van der Waals surface area (Å²) < 4.78 is 0. The first kappa shape index (κ1) is 13.8. The molecule has 1 aliphatic heterocycles. The molecule has 20 heavy (non-hydrogen) atoms. The molecule has 0 amide bonds. The van der Waals surface area contributed by atoms with Crippen LogP contribution < -0.4 is 0 Å². The summed E-state index contributed by atoms with van der Waals surface area (Å²) in [6.45, 7) is 6.71. The molecule has 1 aliphatic rings. The number of halogens is 1. The van der Waals surface area contributed by atoms with Crippen molar-refractivity contribution in [2.45, 2.75) is 39.3 Å². The maximum absolute atomic E-state index is 6.37. The lowest BCUT2D eigenvalue weighted by Gasteiger charge is -2.36. The van der Waals surface area contributed by atoms with Crippen molar-refractivity contribution in [3.8, 4) is 0 Å². The van der Waals surface area contributed by atoms with Crippen LogP contribution in [0.3, 0.4) is 0 Å². The van der Waals surface area contributed by atoms with Crippen LogP contribution in [0.4, 0.5) is 0 Å². The molecule has 106 valence electrons. The fraction of sp³-hybridized carbons (Fsp3) is 0.471. The van der Waals surface area contributed by atoms with E-state index in [0.29, 0.717) is 11.2 Å². The zero-order chi connectivity index (χ0) is 14.1. The average molecular weight is 289 g/mol. The molecule has 0 radical (unpaired) electrons. The zero-order valence-electron chi connectivity index (χ0n) is 12.1. The van der Waals surface area contributed by atoms with Gasteiger partial charge in [0.05, 0.1) is 5.52 Å². The van der Waals surface area contributed by atoms with Gasteiger partial charge < -0.3 is 0 Å². The van der Waals surface area contributed by atoms with E-state index < -0.39 is 0 Å². The lowest BCUT2D eigenvalue weighted by molar-refractivity contribution is 0.117. The van der Waals surface area contributed by atoms with Crippen LogP contribution >= 0.6 is 11.6 Å². The summed E-state index contributed by atoms with van der Waals surface area (Å²) in [6.07, 6.45) is 2.61. The van der Waals surface area contributed by atoms with Gasteiger partial charge in [0.1, 0.15) is 5.15 Å². The highest BCUT2D eigenvalue weighted by Gasteiger charge is 2.23. The Morgan fingerprint density at radius 1 is 1.25 bits per heavy atom. The molecule has 2 atom stereocenters. The lowest BCUT2D eigenvalue weighted by atomic mass is 9.94. The predicted molar refractivity (Wildman–Crippen MR) is 85.0 cm³/mol. The summed E-state index contributed by atoms with van der Waals surface area (Å²) in [4.78, 5) is 7.06. The first-order chi connectivity index (χ1) is 9.63. The topological polar surface area (TPSA) is 16.1 Å². The van der Waals surface area contributed by atoms with Gasteiger partial charge in [-0.2, -0.15) is 0 Å². The second-order valence-electron chi connectivity index (χ2n) is 6.09. The number of hydrogen-bond acceptors (Lipinski definition) is 2. The van der Waals surface area contributed by atoms with Crippen LogP contribution in [0.25, 0.3) is 10.9 Å². The molecule has 1 fully saturated rings. The van der Waals surface area contributed by atoms with Crippen LogP contribution in [0.2, 0.25) is 5.15 Å². The van der Waals surface area contributed by atoms with E-state index in [2.05, 4.69) is 35.9 Å².